The first-order chi connectivity index (χ1) is 14.5. The molecule has 0 bridgehead atoms. The van der Waals surface area contributed by atoms with Gasteiger partial charge in [0.1, 0.15) is 4.90 Å². The number of nitrogens with one attached hydrogen (secondary N) is 1. The second kappa shape index (κ2) is 9.36. The highest BCUT2D eigenvalue weighted by atomic mass is 35.5. The summed E-state index contributed by atoms with van der Waals surface area (Å²) in [4.78, 5) is 11.9. The van der Waals surface area contributed by atoms with Crippen LogP contribution in [0.3, 0.4) is 0 Å². The molecule has 0 aromatic heterocycles. The van der Waals surface area contributed by atoms with Crippen molar-refractivity contribution >= 4 is 39.1 Å². The number of nitrogens with zero attached hydrogens (tertiary/aromatic N) is 1. The van der Waals surface area contributed by atoms with Gasteiger partial charge in [0.25, 0.3) is 0 Å². The maximum Gasteiger partial charge on any atom is 0.416 e. The van der Waals surface area contributed by atoms with E-state index in [-0.39, 0.29) is 43.4 Å². The van der Waals surface area contributed by atoms with Crippen LogP contribution >= 0.6 is 23.2 Å². The van der Waals surface area contributed by atoms with Crippen molar-refractivity contribution in [3.05, 3.63) is 63.6 Å². The number of rotatable bonds is 5. The highest BCUT2D eigenvalue weighted by molar-refractivity contribution is 7.89. The van der Waals surface area contributed by atoms with E-state index in [0.717, 1.165) is 22.0 Å². The van der Waals surface area contributed by atoms with Crippen molar-refractivity contribution in [2.45, 2.75) is 30.5 Å². The van der Waals surface area contributed by atoms with Gasteiger partial charge in [0.05, 0.1) is 10.6 Å². The molecule has 168 valence electrons. The highest BCUT2D eigenvalue weighted by Crippen LogP contribution is 2.35. The van der Waals surface area contributed by atoms with Gasteiger partial charge >= 0.3 is 6.18 Å². The lowest BCUT2D eigenvalue weighted by Crippen LogP contribution is -2.43. The summed E-state index contributed by atoms with van der Waals surface area (Å²) in [5, 5.41) is 3.04. The molecule has 1 aliphatic heterocycles. The third kappa shape index (κ3) is 5.52. The van der Waals surface area contributed by atoms with Gasteiger partial charge in [-0.3, -0.25) is 4.79 Å². The van der Waals surface area contributed by atoms with Gasteiger partial charge in [0.15, 0.2) is 0 Å². The summed E-state index contributed by atoms with van der Waals surface area (Å²) in [6.45, 7) is 0.245. The van der Waals surface area contributed by atoms with Crippen LogP contribution in [-0.4, -0.2) is 31.7 Å². The van der Waals surface area contributed by atoms with Gasteiger partial charge in [-0.2, -0.15) is 17.5 Å². The Hall–Kier alpha value is -1.81. The van der Waals surface area contributed by atoms with E-state index < -0.39 is 32.6 Å². The maximum absolute atomic E-state index is 13.0. The lowest BCUT2D eigenvalue weighted by atomic mass is 9.97. The second-order valence-electron chi connectivity index (χ2n) is 7.13. The smallest absolute Gasteiger partial charge is 0.352 e. The standard InChI is InChI=1S/C20H19Cl2F3N2O3S/c21-16-4-2-1-3-14(16)12-26-19(28)13-7-9-27(10-8-13)31(29,30)18-11-15(20(23,24)25)5-6-17(18)22/h1-6,11,13H,7-10,12H2,(H,26,28). The molecule has 1 fully saturated rings. The third-order valence-electron chi connectivity index (χ3n) is 5.11. The Bertz CT molecular complexity index is 1070. The number of sulfonamides is 1. The van der Waals surface area contributed by atoms with E-state index in [2.05, 4.69) is 5.32 Å². The first-order valence-electron chi connectivity index (χ1n) is 9.38. The van der Waals surface area contributed by atoms with Crippen molar-refractivity contribution in [1.82, 2.24) is 9.62 Å². The molecule has 0 spiro atoms. The molecule has 2 aromatic carbocycles. The summed E-state index contributed by atoms with van der Waals surface area (Å²) in [6, 6.07) is 9.28. The molecule has 1 aliphatic rings. The Morgan fingerprint density at radius 2 is 1.71 bits per heavy atom. The number of amides is 1. The Balaban J connectivity index is 1.65. The van der Waals surface area contributed by atoms with E-state index in [1.54, 1.807) is 24.3 Å². The van der Waals surface area contributed by atoms with Gasteiger partial charge in [-0.15, -0.1) is 0 Å². The Kier molecular flexibility index (Phi) is 7.20. The van der Waals surface area contributed by atoms with Crippen molar-refractivity contribution in [2.75, 3.05) is 13.1 Å². The number of hydrogen-bond acceptors (Lipinski definition) is 3. The van der Waals surface area contributed by atoms with Crippen molar-refractivity contribution in [2.24, 2.45) is 5.92 Å². The zero-order valence-corrected chi connectivity index (χ0v) is 18.5. The molecule has 11 heteroatoms. The van der Waals surface area contributed by atoms with Crippen LogP contribution in [0.1, 0.15) is 24.0 Å². The molecule has 0 atom stereocenters. The zero-order chi connectivity index (χ0) is 22.8. The van der Waals surface area contributed by atoms with Crippen molar-refractivity contribution in [3.63, 3.8) is 0 Å². The molecule has 1 heterocycles. The van der Waals surface area contributed by atoms with Crippen LogP contribution in [0.4, 0.5) is 13.2 Å². The molecule has 0 radical (unpaired) electrons. The molecule has 1 N–H and O–H groups in total. The number of halogens is 5. The minimum atomic E-state index is -4.69. The molecule has 3 rings (SSSR count). The van der Waals surface area contributed by atoms with E-state index in [1.165, 1.54) is 0 Å². The van der Waals surface area contributed by atoms with Gasteiger partial charge in [0.2, 0.25) is 15.9 Å². The number of hydrogen-bond donors (Lipinski definition) is 1. The van der Waals surface area contributed by atoms with Crippen LogP contribution in [0, 0.1) is 5.92 Å². The topological polar surface area (TPSA) is 66.5 Å². The van der Waals surface area contributed by atoms with Crippen LogP contribution in [-0.2, 0) is 27.5 Å². The van der Waals surface area contributed by atoms with Crippen molar-refractivity contribution in [1.29, 1.82) is 0 Å². The number of carbonyl (C=O) groups excluding carboxylic acids is 1. The van der Waals surface area contributed by atoms with Gasteiger partial charge in [-0.1, -0.05) is 41.4 Å². The van der Waals surface area contributed by atoms with Crippen molar-refractivity contribution < 1.29 is 26.4 Å². The fourth-order valence-electron chi connectivity index (χ4n) is 3.34. The van der Waals surface area contributed by atoms with Gasteiger partial charge in [0, 0.05) is 30.6 Å². The SMILES string of the molecule is O=C(NCc1ccccc1Cl)C1CCN(S(=O)(=O)c2cc(C(F)(F)F)ccc2Cl)CC1. The Labute approximate surface area is 188 Å². The second-order valence-corrected chi connectivity index (χ2v) is 9.85. The predicted molar refractivity (Wildman–Crippen MR) is 111 cm³/mol. The fraction of sp³-hybridized carbons (Fsp3) is 0.350. The fourth-order valence-corrected chi connectivity index (χ4v) is 5.52. The average molecular weight is 495 g/mol. The molecule has 0 unspecified atom stereocenters. The van der Waals surface area contributed by atoms with E-state index in [0.29, 0.717) is 11.1 Å². The first-order valence-corrected chi connectivity index (χ1v) is 11.6. The predicted octanol–water partition coefficient (Wildman–Crippen LogP) is 4.73. The number of piperidine rings is 1. The average Bonchev–Trinajstić information content (AvgIpc) is 2.72. The van der Waals surface area contributed by atoms with Crippen LogP contribution < -0.4 is 5.32 Å². The van der Waals surface area contributed by atoms with Crippen LogP contribution in [0.5, 0.6) is 0 Å². The minimum absolute atomic E-state index is 0.000905. The minimum Gasteiger partial charge on any atom is -0.352 e. The quantitative estimate of drug-likeness (QED) is 0.653. The molecule has 1 amide bonds. The third-order valence-corrected chi connectivity index (χ3v) is 7.86. The molecular formula is C20H19Cl2F3N2O3S. The number of benzene rings is 2. The van der Waals surface area contributed by atoms with Crippen molar-refractivity contribution in [3.8, 4) is 0 Å². The monoisotopic (exact) mass is 494 g/mol. The lowest BCUT2D eigenvalue weighted by molar-refractivity contribution is -0.137. The summed E-state index contributed by atoms with van der Waals surface area (Å²) in [5.41, 5.74) is -0.332. The Morgan fingerprint density at radius 1 is 1.06 bits per heavy atom. The summed E-state index contributed by atoms with van der Waals surface area (Å²) < 4.78 is 65.8. The molecule has 2 aromatic rings. The normalized spacial score (nSPS) is 16.3. The summed E-state index contributed by atoms with van der Waals surface area (Å²) in [7, 11) is -4.23. The van der Waals surface area contributed by atoms with E-state index >= 15 is 0 Å². The van der Waals surface area contributed by atoms with Gasteiger partial charge in [-0.05, 0) is 42.7 Å². The van der Waals surface area contributed by atoms with Gasteiger partial charge < -0.3 is 5.32 Å². The number of alkyl halides is 3. The Morgan fingerprint density at radius 3 is 2.32 bits per heavy atom. The maximum atomic E-state index is 13.0. The molecular weight excluding hydrogens is 476 g/mol. The largest absolute Gasteiger partial charge is 0.416 e. The summed E-state index contributed by atoms with van der Waals surface area (Å²) >= 11 is 12.0. The first kappa shape index (κ1) is 23.8. The summed E-state index contributed by atoms with van der Waals surface area (Å²) in [5.74, 6) is -0.639. The van der Waals surface area contributed by atoms with E-state index in [1.807, 2.05) is 0 Å². The highest BCUT2D eigenvalue weighted by Gasteiger charge is 2.36. The molecule has 31 heavy (non-hydrogen) atoms. The molecule has 5 nitrogen and oxygen atoms in total. The molecule has 0 aliphatic carbocycles. The van der Waals surface area contributed by atoms with Crippen LogP contribution in [0.2, 0.25) is 10.0 Å². The van der Waals surface area contributed by atoms with Crippen LogP contribution in [0.15, 0.2) is 47.4 Å². The van der Waals surface area contributed by atoms with Gasteiger partial charge in [-0.25, -0.2) is 8.42 Å². The lowest BCUT2D eigenvalue weighted by Gasteiger charge is -2.31. The van der Waals surface area contributed by atoms with E-state index in [9.17, 15) is 26.4 Å². The van der Waals surface area contributed by atoms with Crippen LogP contribution in [0.25, 0.3) is 0 Å². The summed E-state index contributed by atoms with van der Waals surface area (Å²) in [6.07, 6.45) is -4.21. The number of carbonyl (C=O) groups is 1. The molecule has 0 saturated carbocycles. The van der Waals surface area contributed by atoms with E-state index in [4.69, 9.17) is 23.2 Å². The zero-order valence-electron chi connectivity index (χ0n) is 16.1. The molecule has 1 saturated heterocycles.